The van der Waals surface area contributed by atoms with Crippen LogP contribution in [0, 0.1) is 5.92 Å². The molecule has 1 unspecified atom stereocenters. The Morgan fingerprint density at radius 3 is 1.16 bits per heavy atom. The fourth-order valence-electron chi connectivity index (χ4n) is 8.52. The maximum atomic E-state index is 14.7. The smallest absolute Gasteiger partial charge is 0.217 e. The fraction of sp³-hybridized carbons (Fsp3) is 0.776. The molecule has 2 rings (SSSR count). The lowest BCUT2D eigenvalue weighted by atomic mass is 9.93. The van der Waals surface area contributed by atoms with E-state index >= 15 is 0 Å². The molecule has 0 aromatic heterocycles. The topological polar surface area (TPSA) is 137 Å². The van der Waals surface area contributed by atoms with Gasteiger partial charge in [0.1, 0.15) is 4.91 Å². The van der Waals surface area contributed by atoms with Gasteiger partial charge in [-0.2, -0.15) is 8.42 Å². The third-order valence-corrected chi connectivity index (χ3v) is 18.9. The lowest BCUT2D eigenvalue weighted by Gasteiger charge is -2.29. The van der Waals surface area contributed by atoms with E-state index in [9.17, 15) is 33.7 Å². The molecule has 0 heterocycles. The molecule has 1 atom stereocenters. The number of unbranched alkanes of at least 4 members (excludes halogenated alkanes) is 28. The summed E-state index contributed by atoms with van der Waals surface area (Å²) < 4.78 is 114. The second kappa shape index (κ2) is 32.0. The minimum Gasteiger partial charge on any atom is -0.224 e. The number of allylic oxidation sites excluding steroid dienone is 2. The molecule has 352 valence electrons. The highest BCUT2D eigenvalue weighted by molar-refractivity contribution is 8.02. The average molecular weight is 929 g/mol. The van der Waals surface area contributed by atoms with Crippen molar-refractivity contribution in [2.45, 2.75) is 231 Å². The number of rotatable bonds is 38. The fourth-order valence-corrected chi connectivity index (χ4v) is 15.8. The van der Waals surface area contributed by atoms with Crippen molar-refractivity contribution < 1.29 is 33.7 Å². The summed E-state index contributed by atoms with van der Waals surface area (Å²) in [6.45, 7) is 6.55. The van der Waals surface area contributed by atoms with Crippen molar-refractivity contribution in [1.82, 2.24) is 0 Å². The summed E-state index contributed by atoms with van der Waals surface area (Å²) in [6.07, 6.45) is 32.3. The van der Waals surface area contributed by atoms with Crippen LogP contribution < -0.4 is 0 Å². The summed E-state index contributed by atoms with van der Waals surface area (Å²) in [4.78, 5) is -2.59. The summed E-state index contributed by atoms with van der Waals surface area (Å²) in [5.41, 5.74) is 0. The van der Waals surface area contributed by atoms with Crippen molar-refractivity contribution in [3.63, 3.8) is 0 Å². The van der Waals surface area contributed by atoms with E-state index in [1.165, 1.54) is 101 Å². The molecular weight excluding hydrogens is 845 g/mol. The Bertz CT molecular complexity index is 1890. The molecule has 0 spiro atoms. The van der Waals surface area contributed by atoms with E-state index in [4.69, 9.17) is 0 Å². The van der Waals surface area contributed by atoms with Gasteiger partial charge in [-0.1, -0.05) is 225 Å². The highest BCUT2D eigenvalue weighted by atomic mass is 32.2. The largest absolute Gasteiger partial charge is 0.224 e. The Morgan fingerprint density at radius 2 is 0.787 bits per heavy atom. The average Bonchev–Trinajstić information content (AvgIpc) is 3.23. The molecule has 0 aliphatic heterocycles. The number of benzene rings is 1. The summed E-state index contributed by atoms with van der Waals surface area (Å²) in [5, 5.41) is 0. The zero-order valence-corrected chi connectivity index (χ0v) is 41.7. The van der Waals surface area contributed by atoms with Crippen molar-refractivity contribution in [2.75, 3.05) is 11.5 Å². The summed E-state index contributed by atoms with van der Waals surface area (Å²) in [5.74, 6) is -2.07. The molecule has 1 aromatic carbocycles. The van der Waals surface area contributed by atoms with Crippen molar-refractivity contribution in [3.8, 4) is 0 Å². The van der Waals surface area contributed by atoms with Gasteiger partial charge in [0.2, 0.25) is 20.1 Å². The van der Waals surface area contributed by atoms with Gasteiger partial charge >= 0.3 is 0 Å². The lowest BCUT2D eigenvalue weighted by molar-refractivity contribution is 0.537. The van der Waals surface area contributed by atoms with Gasteiger partial charge in [-0.3, -0.25) is 0 Å². The second-order valence-electron chi connectivity index (χ2n) is 17.5. The van der Waals surface area contributed by atoms with Crippen LogP contribution in [0.3, 0.4) is 0 Å². The maximum Gasteiger partial charge on any atom is 0.217 e. The van der Waals surface area contributed by atoms with Gasteiger partial charge in [-0.15, -0.1) is 0 Å². The van der Waals surface area contributed by atoms with E-state index < -0.39 is 66.2 Å². The normalized spacial score (nSPS) is 15.1. The van der Waals surface area contributed by atoms with E-state index in [-0.39, 0.29) is 34.8 Å². The predicted octanol–water partition coefficient (Wildman–Crippen LogP) is 13.6. The van der Waals surface area contributed by atoms with Gasteiger partial charge in [0.05, 0.1) is 31.1 Å². The van der Waals surface area contributed by atoms with Crippen LogP contribution in [0.2, 0.25) is 0 Å². The first-order valence-corrected chi connectivity index (χ1v) is 30.4. The van der Waals surface area contributed by atoms with Gasteiger partial charge in [0, 0.05) is 5.92 Å². The molecule has 0 bridgehead atoms. The summed E-state index contributed by atoms with van der Waals surface area (Å²) in [6, 6.07) is 7.29. The molecular formula is C49H84O8S4. The zero-order valence-electron chi connectivity index (χ0n) is 38.5. The molecule has 0 saturated carbocycles. The molecule has 0 amide bonds. The van der Waals surface area contributed by atoms with Crippen LogP contribution in [0.1, 0.15) is 226 Å². The Hall–Kier alpha value is -1.76. The molecule has 0 fully saturated rings. The van der Waals surface area contributed by atoms with Gasteiger partial charge in [0.25, 0.3) is 0 Å². The Morgan fingerprint density at radius 1 is 0.443 bits per heavy atom. The van der Waals surface area contributed by atoms with E-state index in [2.05, 4.69) is 20.8 Å². The third kappa shape index (κ3) is 21.2. The molecule has 0 saturated heterocycles. The molecule has 0 N–H and O–H groups in total. The number of sulfone groups is 3. The Kier molecular flexibility index (Phi) is 29.0. The van der Waals surface area contributed by atoms with E-state index in [1.807, 2.05) is 0 Å². The quantitative estimate of drug-likeness (QED) is 0.0472. The Balaban J connectivity index is 2.42. The van der Waals surface area contributed by atoms with Crippen LogP contribution in [-0.2, 0) is 39.8 Å². The number of hydrogen-bond donors (Lipinski definition) is 0. The molecule has 8 nitrogen and oxygen atoms in total. The van der Waals surface area contributed by atoms with Crippen LogP contribution in [0.5, 0.6) is 0 Å². The highest BCUT2D eigenvalue weighted by Crippen LogP contribution is 2.43. The van der Waals surface area contributed by atoms with Gasteiger partial charge in [0.15, 0.2) is 19.7 Å². The van der Waals surface area contributed by atoms with Crippen molar-refractivity contribution in [1.29, 1.82) is 0 Å². The van der Waals surface area contributed by atoms with Gasteiger partial charge in [-0.05, 0) is 37.5 Å². The van der Waals surface area contributed by atoms with Crippen LogP contribution >= 0.6 is 0 Å². The summed E-state index contributed by atoms with van der Waals surface area (Å²) >= 11 is 0. The lowest BCUT2D eigenvalue weighted by Crippen LogP contribution is -2.33. The maximum absolute atomic E-state index is 14.7. The molecule has 1 aromatic rings. The monoisotopic (exact) mass is 929 g/mol. The van der Waals surface area contributed by atoms with Crippen molar-refractivity contribution in [3.05, 3.63) is 51.1 Å². The van der Waals surface area contributed by atoms with E-state index in [0.29, 0.717) is 19.3 Å². The minimum absolute atomic E-state index is 0.0940. The molecule has 12 heteroatoms. The first-order chi connectivity index (χ1) is 29.3. The van der Waals surface area contributed by atoms with E-state index in [0.717, 1.165) is 96.0 Å². The molecule has 1 aliphatic carbocycles. The minimum atomic E-state index is -4.65. The number of hydrogen-bond acceptors (Lipinski definition) is 8. The predicted molar refractivity (Wildman–Crippen MR) is 258 cm³/mol. The molecule has 0 radical (unpaired) electrons. The Labute approximate surface area is 375 Å². The first kappa shape index (κ1) is 55.4. The van der Waals surface area contributed by atoms with Crippen LogP contribution in [0.25, 0.3) is 0 Å². The highest BCUT2D eigenvalue weighted by Gasteiger charge is 2.45. The standard InChI is InChI=1S/C49H84O8S4/c1-4-7-10-13-16-18-20-21-22-23-25-28-31-37-42-60(54,55)49-47(61(56,57)44-38-33-32-34-39-44)43-46(58(50)51)45(40-35-29-26-15-12-9-6-3)48(49)59(52,53)41-36-30-27-24-19-17-14-11-8-5-2/h32-34,38-39,43,45H,4-31,35-37,40-42H2,1-3H3. The SMILES string of the molecule is CCCCCCCCCCCCCCCCS(=O)(=O)C1=C(S(=O)(=O)CCCCCCCCCCCC)C(CCCCCCCCC)C(=S(=O)=O)C=C1S(=O)(=O)c1ccccc1. The van der Waals surface area contributed by atoms with Crippen LogP contribution in [0.4, 0.5) is 0 Å². The van der Waals surface area contributed by atoms with Gasteiger partial charge in [-0.25, -0.2) is 25.3 Å². The zero-order chi connectivity index (χ0) is 44.8. The third-order valence-electron chi connectivity index (χ3n) is 12.2. The van der Waals surface area contributed by atoms with Crippen LogP contribution in [-0.4, -0.2) is 50.0 Å². The summed E-state index contributed by atoms with van der Waals surface area (Å²) in [7, 11) is -16.6. The van der Waals surface area contributed by atoms with Crippen molar-refractivity contribution >= 4 is 44.7 Å². The van der Waals surface area contributed by atoms with Crippen LogP contribution in [0.15, 0.2) is 56.0 Å². The van der Waals surface area contributed by atoms with E-state index in [1.54, 1.807) is 6.07 Å². The molecule has 1 aliphatic rings. The second-order valence-corrected chi connectivity index (χ2v) is 24.5. The van der Waals surface area contributed by atoms with Crippen molar-refractivity contribution in [2.24, 2.45) is 5.92 Å². The molecule has 61 heavy (non-hydrogen) atoms. The van der Waals surface area contributed by atoms with Gasteiger partial charge < -0.3 is 0 Å². The first-order valence-electron chi connectivity index (χ1n) is 24.5.